The molecule has 0 saturated carbocycles. The lowest BCUT2D eigenvalue weighted by atomic mass is 10.0. The van der Waals surface area contributed by atoms with Crippen LogP contribution < -0.4 is 10.9 Å². The Bertz CT molecular complexity index is 769. The van der Waals surface area contributed by atoms with E-state index in [-0.39, 0.29) is 29.3 Å². The number of anilines is 1. The Labute approximate surface area is 140 Å². The fourth-order valence-corrected chi connectivity index (χ4v) is 3.04. The van der Waals surface area contributed by atoms with E-state index in [4.69, 9.17) is 4.74 Å². The number of aromatic amines is 1. The van der Waals surface area contributed by atoms with Crippen LogP contribution in [-0.4, -0.2) is 43.4 Å². The SMILES string of the molecule is CC[C@H]1O[C@@H](n2cnc3c(=O)[nH]c(NCC(C)C)nc32)[C@@H](C)C1O. The second kappa shape index (κ2) is 6.52. The van der Waals surface area contributed by atoms with Crippen LogP contribution in [0.4, 0.5) is 5.95 Å². The number of aliphatic hydroxyl groups excluding tert-OH is 1. The predicted molar refractivity (Wildman–Crippen MR) is 90.8 cm³/mol. The fourth-order valence-electron chi connectivity index (χ4n) is 3.04. The highest BCUT2D eigenvalue weighted by atomic mass is 16.5. The van der Waals surface area contributed by atoms with Gasteiger partial charge in [0, 0.05) is 12.5 Å². The van der Waals surface area contributed by atoms with Crippen molar-refractivity contribution in [1.82, 2.24) is 19.5 Å². The van der Waals surface area contributed by atoms with Crippen LogP contribution in [0.15, 0.2) is 11.1 Å². The van der Waals surface area contributed by atoms with Crippen LogP contribution in [0.25, 0.3) is 11.2 Å². The van der Waals surface area contributed by atoms with Crippen molar-refractivity contribution in [1.29, 1.82) is 0 Å². The third-order valence-corrected chi connectivity index (χ3v) is 4.47. The molecule has 3 rings (SSSR count). The molecule has 1 fully saturated rings. The molecule has 24 heavy (non-hydrogen) atoms. The maximum atomic E-state index is 12.2. The molecule has 3 heterocycles. The average Bonchev–Trinajstić information content (AvgIpc) is 3.08. The summed E-state index contributed by atoms with van der Waals surface area (Å²) in [5, 5.41) is 13.4. The van der Waals surface area contributed by atoms with Gasteiger partial charge in [-0.15, -0.1) is 0 Å². The molecular weight excluding hydrogens is 310 g/mol. The smallest absolute Gasteiger partial charge is 0.280 e. The van der Waals surface area contributed by atoms with Gasteiger partial charge in [-0.25, -0.2) is 4.98 Å². The molecule has 2 aromatic heterocycles. The number of hydrogen-bond acceptors (Lipinski definition) is 6. The molecule has 0 bridgehead atoms. The van der Waals surface area contributed by atoms with Gasteiger partial charge in [0.2, 0.25) is 5.95 Å². The summed E-state index contributed by atoms with van der Waals surface area (Å²) in [7, 11) is 0. The van der Waals surface area contributed by atoms with Gasteiger partial charge in [-0.3, -0.25) is 14.3 Å². The van der Waals surface area contributed by atoms with E-state index in [0.29, 0.717) is 24.1 Å². The average molecular weight is 335 g/mol. The lowest BCUT2D eigenvalue weighted by Crippen LogP contribution is -2.24. The summed E-state index contributed by atoms with van der Waals surface area (Å²) in [6, 6.07) is 0. The van der Waals surface area contributed by atoms with Gasteiger partial charge in [0.25, 0.3) is 5.56 Å². The maximum absolute atomic E-state index is 12.2. The normalized spacial score (nSPS) is 27.2. The van der Waals surface area contributed by atoms with Gasteiger partial charge in [0.05, 0.1) is 18.5 Å². The topological polar surface area (TPSA) is 105 Å². The third kappa shape index (κ3) is 2.91. The predicted octanol–water partition coefficient (Wildman–Crippen LogP) is 1.49. The Morgan fingerprint density at radius 1 is 1.50 bits per heavy atom. The van der Waals surface area contributed by atoms with Crippen LogP contribution in [0.5, 0.6) is 0 Å². The summed E-state index contributed by atoms with van der Waals surface area (Å²) in [6.07, 6.45) is 1.14. The molecule has 8 heteroatoms. The van der Waals surface area contributed by atoms with E-state index in [0.717, 1.165) is 6.42 Å². The Morgan fingerprint density at radius 2 is 2.25 bits per heavy atom. The molecule has 0 radical (unpaired) electrons. The molecule has 1 saturated heterocycles. The minimum absolute atomic E-state index is 0.111. The first-order valence-electron chi connectivity index (χ1n) is 8.46. The quantitative estimate of drug-likeness (QED) is 0.764. The highest BCUT2D eigenvalue weighted by Crippen LogP contribution is 2.36. The number of rotatable bonds is 5. The van der Waals surface area contributed by atoms with Crippen LogP contribution in [0.3, 0.4) is 0 Å². The van der Waals surface area contributed by atoms with E-state index in [2.05, 4.69) is 34.1 Å². The largest absolute Gasteiger partial charge is 0.390 e. The van der Waals surface area contributed by atoms with E-state index in [1.807, 2.05) is 13.8 Å². The molecule has 0 aliphatic carbocycles. The van der Waals surface area contributed by atoms with E-state index in [1.54, 1.807) is 10.9 Å². The van der Waals surface area contributed by atoms with Crippen molar-refractivity contribution in [2.24, 2.45) is 11.8 Å². The molecule has 1 unspecified atom stereocenters. The van der Waals surface area contributed by atoms with Crippen LogP contribution in [0, 0.1) is 11.8 Å². The Kier molecular flexibility index (Phi) is 4.60. The zero-order valence-corrected chi connectivity index (χ0v) is 14.5. The van der Waals surface area contributed by atoms with E-state index >= 15 is 0 Å². The lowest BCUT2D eigenvalue weighted by molar-refractivity contribution is -0.0210. The van der Waals surface area contributed by atoms with Crippen LogP contribution in [-0.2, 0) is 4.74 Å². The van der Waals surface area contributed by atoms with Crippen LogP contribution >= 0.6 is 0 Å². The first-order valence-corrected chi connectivity index (χ1v) is 8.46. The summed E-state index contributed by atoms with van der Waals surface area (Å²) >= 11 is 0. The highest BCUT2D eigenvalue weighted by Gasteiger charge is 2.41. The summed E-state index contributed by atoms with van der Waals surface area (Å²) in [6.45, 7) is 8.77. The van der Waals surface area contributed by atoms with Crippen LogP contribution in [0.1, 0.15) is 40.3 Å². The highest BCUT2D eigenvalue weighted by molar-refractivity contribution is 5.70. The Balaban J connectivity index is 1.98. The number of ether oxygens (including phenoxy) is 1. The summed E-state index contributed by atoms with van der Waals surface area (Å²) in [5.74, 6) is 0.733. The Hall–Kier alpha value is -1.93. The van der Waals surface area contributed by atoms with Gasteiger partial charge in [-0.05, 0) is 12.3 Å². The lowest BCUT2D eigenvalue weighted by Gasteiger charge is -2.17. The van der Waals surface area contributed by atoms with Gasteiger partial charge in [-0.2, -0.15) is 4.98 Å². The van der Waals surface area contributed by atoms with Crippen molar-refractivity contribution in [3.63, 3.8) is 0 Å². The number of imidazole rings is 1. The van der Waals surface area contributed by atoms with Crippen molar-refractivity contribution in [2.75, 3.05) is 11.9 Å². The minimum atomic E-state index is -0.544. The number of H-pyrrole nitrogens is 1. The maximum Gasteiger partial charge on any atom is 0.280 e. The zero-order valence-electron chi connectivity index (χ0n) is 14.5. The van der Waals surface area contributed by atoms with Gasteiger partial charge >= 0.3 is 0 Å². The molecule has 8 nitrogen and oxygen atoms in total. The molecule has 1 aliphatic rings. The molecule has 0 spiro atoms. The number of fused-ring (bicyclic) bond motifs is 1. The molecule has 1 aliphatic heterocycles. The molecule has 3 N–H and O–H groups in total. The second-order valence-corrected chi connectivity index (χ2v) is 6.84. The van der Waals surface area contributed by atoms with E-state index in [1.165, 1.54) is 0 Å². The van der Waals surface area contributed by atoms with Crippen molar-refractivity contribution < 1.29 is 9.84 Å². The van der Waals surface area contributed by atoms with Gasteiger partial charge in [0.15, 0.2) is 11.2 Å². The monoisotopic (exact) mass is 335 g/mol. The van der Waals surface area contributed by atoms with Crippen molar-refractivity contribution in [3.8, 4) is 0 Å². The standard InChI is InChI=1S/C16H25N5O3/c1-5-10-12(22)9(4)15(24-10)21-7-18-11-13(21)19-16(20-14(11)23)17-6-8(2)3/h7-10,12,15,22H,5-6H2,1-4H3,(H2,17,19,20,23)/t9-,10+,12?,15+/m0/s1. The Morgan fingerprint density at radius 3 is 2.88 bits per heavy atom. The first kappa shape index (κ1) is 16.9. The van der Waals surface area contributed by atoms with Crippen molar-refractivity contribution >= 4 is 17.1 Å². The number of aliphatic hydroxyl groups is 1. The first-order chi connectivity index (χ1) is 11.4. The molecule has 2 aromatic rings. The van der Waals surface area contributed by atoms with Crippen molar-refractivity contribution in [3.05, 3.63) is 16.7 Å². The molecule has 0 amide bonds. The second-order valence-electron chi connectivity index (χ2n) is 6.84. The van der Waals surface area contributed by atoms with E-state index < -0.39 is 6.10 Å². The third-order valence-electron chi connectivity index (χ3n) is 4.47. The van der Waals surface area contributed by atoms with E-state index in [9.17, 15) is 9.90 Å². The van der Waals surface area contributed by atoms with Gasteiger partial charge in [0.1, 0.15) is 6.23 Å². The number of nitrogens with zero attached hydrogens (tertiary/aromatic N) is 3. The van der Waals surface area contributed by atoms with Crippen LogP contribution in [0.2, 0.25) is 0 Å². The zero-order chi connectivity index (χ0) is 17.4. The number of aromatic nitrogens is 4. The minimum Gasteiger partial charge on any atom is -0.390 e. The number of hydrogen-bond donors (Lipinski definition) is 3. The summed E-state index contributed by atoms with van der Waals surface area (Å²) < 4.78 is 7.71. The summed E-state index contributed by atoms with van der Waals surface area (Å²) in [4.78, 5) is 23.6. The molecular formula is C16H25N5O3. The van der Waals surface area contributed by atoms with Gasteiger partial charge < -0.3 is 15.2 Å². The summed E-state index contributed by atoms with van der Waals surface area (Å²) in [5.41, 5.74) is 0.449. The molecule has 0 aromatic carbocycles. The molecule has 4 atom stereocenters. The molecule has 132 valence electrons. The number of nitrogens with one attached hydrogen (secondary N) is 2. The van der Waals surface area contributed by atoms with Gasteiger partial charge in [-0.1, -0.05) is 27.7 Å². The fraction of sp³-hybridized carbons (Fsp3) is 0.688. The van der Waals surface area contributed by atoms with Crippen molar-refractivity contribution in [2.45, 2.75) is 52.6 Å².